The van der Waals surface area contributed by atoms with Crippen LogP contribution in [-0.4, -0.2) is 25.7 Å². The SMILES string of the molecule is CC(=O)Nc1ccc(Nc2ncnc3c2cnn3Cc2ccc(Cl)cc2)cc1. The van der Waals surface area contributed by atoms with Crippen LogP contribution in [-0.2, 0) is 11.3 Å². The predicted molar refractivity (Wildman–Crippen MR) is 110 cm³/mol. The third kappa shape index (κ3) is 3.94. The van der Waals surface area contributed by atoms with Gasteiger partial charge in [-0.05, 0) is 42.0 Å². The molecule has 140 valence electrons. The molecule has 0 saturated carbocycles. The molecule has 0 unspecified atom stereocenters. The number of nitrogens with zero attached hydrogens (tertiary/aromatic N) is 4. The number of aromatic nitrogens is 4. The van der Waals surface area contributed by atoms with Gasteiger partial charge in [0.05, 0.1) is 18.1 Å². The fraction of sp³-hybridized carbons (Fsp3) is 0.100. The monoisotopic (exact) mass is 392 g/mol. The maximum atomic E-state index is 11.1. The van der Waals surface area contributed by atoms with Crippen molar-refractivity contribution < 1.29 is 4.79 Å². The summed E-state index contributed by atoms with van der Waals surface area (Å²) in [6.45, 7) is 2.06. The number of carbonyl (C=O) groups excluding carboxylic acids is 1. The van der Waals surface area contributed by atoms with Crippen molar-refractivity contribution in [1.82, 2.24) is 19.7 Å². The molecule has 2 aromatic carbocycles. The van der Waals surface area contributed by atoms with Gasteiger partial charge in [-0.25, -0.2) is 14.6 Å². The molecule has 0 saturated heterocycles. The van der Waals surface area contributed by atoms with Gasteiger partial charge in [-0.2, -0.15) is 5.10 Å². The van der Waals surface area contributed by atoms with Crippen LogP contribution >= 0.6 is 11.6 Å². The summed E-state index contributed by atoms with van der Waals surface area (Å²) in [7, 11) is 0. The molecule has 0 fully saturated rings. The first-order valence-corrected chi connectivity index (χ1v) is 9.02. The Labute approximate surface area is 166 Å². The van der Waals surface area contributed by atoms with Crippen LogP contribution in [0.2, 0.25) is 5.02 Å². The van der Waals surface area contributed by atoms with Crippen molar-refractivity contribution in [2.75, 3.05) is 10.6 Å². The van der Waals surface area contributed by atoms with Crippen LogP contribution in [0, 0.1) is 0 Å². The van der Waals surface area contributed by atoms with E-state index in [1.165, 1.54) is 13.3 Å². The van der Waals surface area contributed by atoms with Crippen molar-refractivity contribution in [1.29, 1.82) is 0 Å². The van der Waals surface area contributed by atoms with E-state index in [1.807, 2.05) is 53.2 Å². The van der Waals surface area contributed by atoms with E-state index in [0.29, 0.717) is 17.4 Å². The lowest BCUT2D eigenvalue weighted by atomic mass is 10.2. The van der Waals surface area contributed by atoms with Gasteiger partial charge >= 0.3 is 0 Å². The van der Waals surface area contributed by atoms with Crippen molar-refractivity contribution in [3.05, 3.63) is 71.6 Å². The molecule has 2 N–H and O–H groups in total. The second kappa shape index (κ2) is 7.66. The van der Waals surface area contributed by atoms with Crippen LogP contribution in [0.15, 0.2) is 61.1 Å². The molecule has 28 heavy (non-hydrogen) atoms. The molecule has 8 heteroatoms. The lowest BCUT2D eigenvalue weighted by molar-refractivity contribution is -0.114. The number of carbonyl (C=O) groups is 1. The number of benzene rings is 2. The fourth-order valence-corrected chi connectivity index (χ4v) is 2.97. The second-order valence-electron chi connectivity index (χ2n) is 6.27. The van der Waals surface area contributed by atoms with Gasteiger partial charge in [-0.15, -0.1) is 0 Å². The van der Waals surface area contributed by atoms with Gasteiger partial charge in [0.2, 0.25) is 5.91 Å². The molecule has 0 aliphatic rings. The van der Waals surface area contributed by atoms with Crippen LogP contribution < -0.4 is 10.6 Å². The Hall–Kier alpha value is -3.45. The minimum atomic E-state index is -0.105. The van der Waals surface area contributed by atoms with Crippen molar-refractivity contribution in [2.45, 2.75) is 13.5 Å². The Morgan fingerprint density at radius 3 is 2.46 bits per heavy atom. The topological polar surface area (TPSA) is 84.7 Å². The lowest BCUT2D eigenvalue weighted by Crippen LogP contribution is -2.05. The van der Waals surface area contributed by atoms with Crippen molar-refractivity contribution in [3.8, 4) is 0 Å². The average molecular weight is 393 g/mol. The molecule has 2 heterocycles. The summed E-state index contributed by atoms with van der Waals surface area (Å²) in [5.41, 5.74) is 3.40. The largest absolute Gasteiger partial charge is 0.340 e. The number of nitrogens with one attached hydrogen (secondary N) is 2. The number of anilines is 3. The highest BCUT2D eigenvalue weighted by Gasteiger charge is 2.10. The van der Waals surface area contributed by atoms with Gasteiger partial charge in [-0.1, -0.05) is 23.7 Å². The fourth-order valence-electron chi connectivity index (χ4n) is 2.85. The first kappa shape index (κ1) is 17.9. The number of amides is 1. The Bertz CT molecular complexity index is 1120. The van der Waals surface area contributed by atoms with Gasteiger partial charge in [-0.3, -0.25) is 4.79 Å². The van der Waals surface area contributed by atoms with Gasteiger partial charge in [0.25, 0.3) is 0 Å². The molecular formula is C20H17ClN6O. The van der Waals surface area contributed by atoms with E-state index in [0.717, 1.165) is 28.0 Å². The zero-order valence-electron chi connectivity index (χ0n) is 15.1. The average Bonchev–Trinajstić information content (AvgIpc) is 3.09. The number of hydrogen-bond acceptors (Lipinski definition) is 5. The van der Waals surface area contributed by atoms with E-state index < -0.39 is 0 Å². The summed E-state index contributed by atoms with van der Waals surface area (Å²) in [6, 6.07) is 15.0. The Morgan fingerprint density at radius 2 is 1.75 bits per heavy atom. The lowest BCUT2D eigenvalue weighted by Gasteiger charge is -2.08. The molecule has 0 aliphatic carbocycles. The minimum Gasteiger partial charge on any atom is -0.340 e. The second-order valence-corrected chi connectivity index (χ2v) is 6.71. The molecule has 1 amide bonds. The zero-order valence-corrected chi connectivity index (χ0v) is 15.8. The Morgan fingerprint density at radius 1 is 1.04 bits per heavy atom. The summed E-state index contributed by atoms with van der Waals surface area (Å²) in [4.78, 5) is 19.8. The first-order chi connectivity index (χ1) is 13.6. The molecule has 2 aromatic heterocycles. The smallest absolute Gasteiger partial charge is 0.221 e. The highest BCUT2D eigenvalue weighted by molar-refractivity contribution is 6.30. The maximum Gasteiger partial charge on any atom is 0.221 e. The normalized spacial score (nSPS) is 10.8. The molecule has 0 radical (unpaired) electrons. The molecular weight excluding hydrogens is 376 g/mol. The Balaban J connectivity index is 1.57. The molecule has 7 nitrogen and oxygen atoms in total. The highest BCUT2D eigenvalue weighted by atomic mass is 35.5. The van der Waals surface area contributed by atoms with Gasteiger partial charge in [0.15, 0.2) is 5.65 Å². The van der Waals surface area contributed by atoms with Gasteiger partial charge in [0, 0.05) is 23.3 Å². The Kier molecular flexibility index (Phi) is 4.90. The van der Waals surface area contributed by atoms with Crippen LogP contribution in [0.3, 0.4) is 0 Å². The standard InChI is InChI=1S/C20H17ClN6O/c1-13(28)25-16-6-8-17(9-7-16)26-19-18-10-24-27(20(18)23-12-22-19)11-14-2-4-15(21)5-3-14/h2-10,12H,11H2,1H3,(H,25,28)(H,22,23,26). The molecule has 4 rings (SSSR count). The molecule has 0 spiro atoms. The third-order valence-electron chi connectivity index (χ3n) is 4.15. The third-order valence-corrected chi connectivity index (χ3v) is 4.40. The summed E-state index contributed by atoms with van der Waals surface area (Å²) in [5, 5.41) is 12.0. The highest BCUT2D eigenvalue weighted by Crippen LogP contribution is 2.24. The van der Waals surface area contributed by atoms with Gasteiger partial charge in [0.1, 0.15) is 12.1 Å². The van der Waals surface area contributed by atoms with E-state index in [1.54, 1.807) is 6.20 Å². The molecule has 0 aliphatic heterocycles. The van der Waals surface area contributed by atoms with Crippen molar-refractivity contribution in [2.24, 2.45) is 0 Å². The number of halogens is 1. The summed E-state index contributed by atoms with van der Waals surface area (Å²) in [5.74, 6) is 0.561. The van der Waals surface area contributed by atoms with Crippen LogP contribution in [0.5, 0.6) is 0 Å². The van der Waals surface area contributed by atoms with E-state index in [9.17, 15) is 4.79 Å². The van der Waals surface area contributed by atoms with Crippen molar-refractivity contribution in [3.63, 3.8) is 0 Å². The van der Waals surface area contributed by atoms with Crippen LogP contribution in [0.1, 0.15) is 12.5 Å². The summed E-state index contributed by atoms with van der Waals surface area (Å²) < 4.78 is 1.82. The summed E-state index contributed by atoms with van der Waals surface area (Å²) >= 11 is 5.95. The van der Waals surface area contributed by atoms with Crippen molar-refractivity contribution >= 4 is 45.7 Å². The molecule has 0 atom stereocenters. The van der Waals surface area contributed by atoms with E-state index in [-0.39, 0.29) is 5.91 Å². The quantitative estimate of drug-likeness (QED) is 0.531. The molecule has 4 aromatic rings. The molecule has 0 bridgehead atoms. The van der Waals surface area contributed by atoms with E-state index in [4.69, 9.17) is 11.6 Å². The van der Waals surface area contributed by atoms with E-state index in [2.05, 4.69) is 25.7 Å². The first-order valence-electron chi connectivity index (χ1n) is 8.64. The van der Waals surface area contributed by atoms with Crippen LogP contribution in [0.4, 0.5) is 17.2 Å². The van der Waals surface area contributed by atoms with Crippen LogP contribution in [0.25, 0.3) is 11.0 Å². The predicted octanol–water partition coefficient (Wildman–Crippen LogP) is 4.23. The van der Waals surface area contributed by atoms with E-state index >= 15 is 0 Å². The zero-order chi connectivity index (χ0) is 19.5. The number of hydrogen-bond donors (Lipinski definition) is 2. The van der Waals surface area contributed by atoms with Gasteiger partial charge < -0.3 is 10.6 Å². The number of rotatable bonds is 5. The minimum absolute atomic E-state index is 0.105. The summed E-state index contributed by atoms with van der Waals surface area (Å²) in [6.07, 6.45) is 3.26. The maximum absolute atomic E-state index is 11.1. The number of fused-ring (bicyclic) bond motifs is 1.